The third-order valence-corrected chi connectivity index (χ3v) is 3.99. The van der Waals surface area contributed by atoms with Crippen LogP contribution >= 0.6 is 11.8 Å². The van der Waals surface area contributed by atoms with E-state index < -0.39 is 11.9 Å². The van der Waals surface area contributed by atoms with Gasteiger partial charge in [0.1, 0.15) is 0 Å². The van der Waals surface area contributed by atoms with Crippen molar-refractivity contribution in [3.8, 4) is 6.07 Å². The molecule has 0 atom stereocenters. The van der Waals surface area contributed by atoms with Gasteiger partial charge >= 0.3 is 11.9 Å². The maximum absolute atomic E-state index is 11.0. The van der Waals surface area contributed by atoms with E-state index in [2.05, 4.69) is 0 Å². The van der Waals surface area contributed by atoms with Gasteiger partial charge in [0, 0.05) is 9.79 Å². The zero-order valence-corrected chi connectivity index (χ0v) is 12.1. The van der Waals surface area contributed by atoms with Gasteiger partial charge in [0.15, 0.2) is 0 Å². The molecule has 0 aliphatic rings. The molecule has 0 radical (unpaired) electrons. The lowest BCUT2D eigenvalue weighted by molar-refractivity contribution is -0.136. The van der Waals surface area contributed by atoms with Gasteiger partial charge in [-0.1, -0.05) is 11.8 Å². The molecule has 2 aromatic rings. The number of benzene rings is 2. The smallest absolute Gasteiger partial charge is 0.335 e. The van der Waals surface area contributed by atoms with Crippen molar-refractivity contribution in [3.05, 3.63) is 59.2 Å². The summed E-state index contributed by atoms with van der Waals surface area (Å²) in [6.07, 6.45) is -0.250. The molecule has 2 aromatic carbocycles. The Labute approximate surface area is 130 Å². The number of carbonyl (C=O) groups is 2. The molecule has 0 aliphatic carbocycles. The predicted molar refractivity (Wildman–Crippen MR) is 80.0 cm³/mol. The van der Waals surface area contributed by atoms with Gasteiger partial charge in [0.2, 0.25) is 0 Å². The van der Waals surface area contributed by atoms with Gasteiger partial charge < -0.3 is 10.2 Å². The molecule has 0 fully saturated rings. The third kappa shape index (κ3) is 3.87. The molecular weight excluding hydrogens is 302 g/mol. The Morgan fingerprint density at radius 2 is 1.77 bits per heavy atom. The number of rotatable bonds is 5. The molecule has 0 aliphatic heterocycles. The van der Waals surface area contributed by atoms with Crippen LogP contribution in [-0.2, 0) is 11.2 Å². The SMILES string of the molecule is N#Cc1ccc(Sc2ccc(C(=O)O)cc2CC(=O)O)cc1. The summed E-state index contributed by atoms with van der Waals surface area (Å²) in [7, 11) is 0. The summed E-state index contributed by atoms with van der Waals surface area (Å²) in [6, 6.07) is 13.3. The maximum atomic E-state index is 11.0. The average Bonchev–Trinajstić information content (AvgIpc) is 2.49. The van der Waals surface area contributed by atoms with Crippen molar-refractivity contribution >= 4 is 23.7 Å². The monoisotopic (exact) mass is 313 g/mol. The number of hydrogen-bond acceptors (Lipinski definition) is 4. The normalized spacial score (nSPS) is 9.95. The molecule has 0 saturated carbocycles. The first-order valence-corrected chi connectivity index (χ1v) is 7.07. The molecule has 0 saturated heterocycles. The van der Waals surface area contributed by atoms with Crippen LogP contribution in [0.25, 0.3) is 0 Å². The Morgan fingerprint density at radius 3 is 2.32 bits per heavy atom. The fraction of sp³-hybridized carbons (Fsp3) is 0.0625. The Bertz CT molecular complexity index is 763. The second-order valence-electron chi connectivity index (χ2n) is 4.44. The van der Waals surface area contributed by atoms with E-state index in [1.165, 1.54) is 23.9 Å². The lowest BCUT2D eigenvalue weighted by atomic mass is 10.1. The van der Waals surface area contributed by atoms with E-state index in [0.29, 0.717) is 16.0 Å². The van der Waals surface area contributed by atoms with Crippen LogP contribution in [0.2, 0.25) is 0 Å². The van der Waals surface area contributed by atoms with Crippen LogP contribution < -0.4 is 0 Å². The largest absolute Gasteiger partial charge is 0.481 e. The summed E-state index contributed by atoms with van der Waals surface area (Å²) in [5, 5.41) is 26.7. The van der Waals surface area contributed by atoms with E-state index in [1.807, 2.05) is 6.07 Å². The summed E-state index contributed by atoms with van der Waals surface area (Å²) in [6.45, 7) is 0. The summed E-state index contributed by atoms with van der Waals surface area (Å²) in [5.74, 6) is -2.12. The Morgan fingerprint density at radius 1 is 1.09 bits per heavy atom. The first-order valence-electron chi connectivity index (χ1n) is 6.25. The van der Waals surface area contributed by atoms with Crippen LogP contribution in [0.5, 0.6) is 0 Å². The van der Waals surface area contributed by atoms with Crippen molar-refractivity contribution in [3.63, 3.8) is 0 Å². The van der Waals surface area contributed by atoms with Crippen molar-refractivity contribution in [1.29, 1.82) is 5.26 Å². The van der Waals surface area contributed by atoms with Crippen LogP contribution in [0.1, 0.15) is 21.5 Å². The molecule has 2 rings (SSSR count). The van der Waals surface area contributed by atoms with Crippen LogP contribution in [0, 0.1) is 11.3 Å². The number of nitriles is 1. The van der Waals surface area contributed by atoms with E-state index in [-0.39, 0.29) is 12.0 Å². The van der Waals surface area contributed by atoms with Crippen LogP contribution in [0.3, 0.4) is 0 Å². The molecule has 2 N–H and O–H groups in total. The zero-order valence-electron chi connectivity index (χ0n) is 11.3. The molecule has 110 valence electrons. The maximum Gasteiger partial charge on any atom is 0.335 e. The minimum Gasteiger partial charge on any atom is -0.481 e. The fourth-order valence-electron chi connectivity index (χ4n) is 1.84. The highest BCUT2D eigenvalue weighted by atomic mass is 32.2. The highest BCUT2D eigenvalue weighted by Gasteiger charge is 2.12. The predicted octanol–water partition coefficient (Wildman–Crippen LogP) is 3.03. The molecule has 0 heterocycles. The molecule has 0 spiro atoms. The van der Waals surface area contributed by atoms with Crippen molar-refractivity contribution in [2.45, 2.75) is 16.2 Å². The van der Waals surface area contributed by atoms with Gasteiger partial charge in [-0.2, -0.15) is 5.26 Å². The number of aromatic carboxylic acids is 1. The number of aliphatic carboxylic acids is 1. The molecule has 5 nitrogen and oxygen atoms in total. The highest BCUT2D eigenvalue weighted by Crippen LogP contribution is 2.31. The van der Waals surface area contributed by atoms with Crippen molar-refractivity contribution < 1.29 is 19.8 Å². The first-order chi connectivity index (χ1) is 10.5. The highest BCUT2D eigenvalue weighted by molar-refractivity contribution is 7.99. The van der Waals surface area contributed by atoms with Crippen molar-refractivity contribution in [2.24, 2.45) is 0 Å². The fourth-order valence-corrected chi connectivity index (χ4v) is 2.76. The summed E-state index contributed by atoms with van der Waals surface area (Å²) in [4.78, 5) is 23.5. The van der Waals surface area contributed by atoms with Gasteiger partial charge in [-0.25, -0.2) is 4.79 Å². The molecule has 0 amide bonds. The Kier molecular flexibility index (Phi) is 4.81. The number of carboxylic acid groups (broad SMARTS) is 2. The minimum atomic E-state index is -1.10. The molecular formula is C16H11NO4S. The van der Waals surface area contributed by atoms with Crippen molar-refractivity contribution in [1.82, 2.24) is 0 Å². The number of hydrogen-bond donors (Lipinski definition) is 2. The lowest BCUT2D eigenvalue weighted by Gasteiger charge is -2.09. The number of carboxylic acids is 2. The summed E-state index contributed by atoms with van der Waals surface area (Å²) < 4.78 is 0. The van der Waals surface area contributed by atoms with Gasteiger partial charge in [0.05, 0.1) is 23.6 Å². The standard InChI is InChI=1S/C16H11NO4S/c17-9-10-1-4-13(5-2-10)22-14-6-3-11(16(20)21)7-12(14)8-15(18)19/h1-7H,8H2,(H,18,19)(H,20,21). The third-order valence-electron chi connectivity index (χ3n) is 2.86. The van der Waals surface area contributed by atoms with E-state index in [1.54, 1.807) is 30.3 Å². The molecule has 0 bridgehead atoms. The van der Waals surface area contributed by atoms with Gasteiger partial charge in [0.25, 0.3) is 0 Å². The lowest BCUT2D eigenvalue weighted by Crippen LogP contribution is -2.04. The topological polar surface area (TPSA) is 98.4 Å². The minimum absolute atomic E-state index is 0.0560. The van der Waals surface area contributed by atoms with E-state index in [4.69, 9.17) is 15.5 Å². The van der Waals surface area contributed by atoms with E-state index in [9.17, 15) is 9.59 Å². The second kappa shape index (κ2) is 6.78. The van der Waals surface area contributed by atoms with Crippen LogP contribution in [0.4, 0.5) is 0 Å². The van der Waals surface area contributed by atoms with Gasteiger partial charge in [-0.15, -0.1) is 0 Å². The van der Waals surface area contributed by atoms with Gasteiger partial charge in [-0.05, 0) is 48.0 Å². The van der Waals surface area contributed by atoms with Crippen molar-refractivity contribution in [2.75, 3.05) is 0 Å². The molecule has 6 heteroatoms. The second-order valence-corrected chi connectivity index (χ2v) is 5.55. The molecule has 0 aromatic heterocycles. The summed E-state index contributed by atoms with van der Waals surface area (Å²) in [5.41, 5.74) is 1.04. The quantitative estimate of drug-likeness (QED) is 0.880. The molecule has 22 heavy (non-hydrogen) atoms. The summed E-state index contributed by atoms with van der Waals surface area (Å²) >= 11 is 1.33. The zero-order chi connectivity index (χ0) is 16.1. The van der Waals surface area contributed by atoms with E-state index >= 15 is 0 Å². The first kappa shape index (κ1) is 15.6. The average molecular weight is 313 g/mol. The number of nitrogens with zero attached hydrogens (tertiary/aromatic N) is 1. The molecule has 0 unspecified atom stereocenters. The van der Waals surface area contributed by atoms with Crippen LogP contribution in [0.15, 0.2) is 52.3 Å². The Balaban J connectivity index is 2.33. The Hall–Kier alpha value is -2.78. The van der Waals surface area contributed by atoms with Gasteiger partial charge in [-0.3, -0.25) is 4.79 Å². The van der Waals surface area contributed by atoms with E-state index in [0.717, 1.165) is 4.90 Å². The van der Waals surface area contributed by atoms with Crippen LogP contribution in [-0.4, -0.2) is 22.2 Å².